The summed E-state index contributed by atoms with van der Waals surface area (Å²) in [7, 11) is 1.25. The van der Waals surface area contributed by atoms with Gasteiger partial charge in [-0.1, -0.05) is 12.1 Å². The second-order valence-electron chi connectivity index (χ2n) is 7.04. The van der Waals surface area contributed by atoms with E-state index in [1.165, 1.54) is 25.4 Å². The normalized spacial score (nSPS) is 11.0. The molecule has 0 amide bonds. The van der Waals surface area contributed by atoms with Gasteiger partial charge in [-0.25, -0.2) is 9.59 Å². The van der Waals surface area contributed by atoms with Crippen molar-refractivity contribution in [2.24, 2.45) is 0 Å². The molecule has 0 aliphatic rings. The number of esters is 2. The van der Waals surface area contributed by atoms with Crippen LogP contribution in [0.3, 0.4) is 0 Å². The van der Waals surface area contributed by atoms with Crippen molar-refractivity contribution in [3.05, 3.63) is 58.0 Å². The predicted octanol–water partition coefficient (Wildman–Crippen LogP) is 2.34. The summed E-state index contributed by atoms with van der Waals surface area (Å²) >= 11 is 0. The highest BCUT2D eigenvalue weighted by atomic mass is 16.6. The lowest BCUT2D eigenvalue weighted by Gasteiger charge is -2.20. The van der Waals surface area contributed by atoms with E-state index in [0.717, 1.165) is 4.57 Å². The molecule has 8 nitrogen and oxygen atoms in total. The minimum atomic E-state index is -1.42. The Morgan fingerprint density at radius 2 is 1.79 bits per heavy atom. The average molecular weight is 387 g/mol. The molecule has 1 N–H and O–H groups in total. The summed E-state index contributed by atoms with van der Waals surface area (Å²) in [6.45, 7) is 4.61. The highest BCUT2D eigenvalue weighted by Crippen LogP contribution is 2.21. The molecule has 2 rings (SSSR count). The zero-order valence-electron chi connectivity index (χ0n) is 16.0. The third-order valence-electron chi connectivity index (χ3n) is 3.65. The maximum Gasteiger partial charge on any atom is 0.341 e. The third kappa shape index (κ3) is 5.06. The number of carbonyl (C=O) groups excluding carboxylic acids is 2. The van der Waals surface area contributed by atoms with Crippen molar-refractivity contribution in [3.8, 4) is 11.1 Å². The minimum absolute atomic E-state index is 0.266. The van der Waals surface area contributed by atoms with Gasteiger partial charge >= 0.3 is 17.9 Å². The molecule has 1 aromatic carbocycles. The predicted molar refractivity (Wildman–Crippen MR) is 100 cm³/mol. The summed E-state index contributed by atoms with van der Waals surface area (Å²) in [4.78, 5) is 47.7. The molecule has 0 aliphatic heterocycles. The first-order chi connectivity index (χ1) is 13.0. The molecule has 0 aliphatic carbocycles. The van der Waals surface area contributed by atoms with Crippen molar-refractivity contribution in [1.82, 2.24) is 4.57 Å². The Balaban J connectivity index is 2.53. The maximum absolute atomic E-state index is 12.4. The Bertz CT molecular complexity index is 983. The van der Waals surface area contributed by atoms with Crippen LogP contribution >= 0.6 is 0 Å². The fourth-order valence-electron chi connectivity index (χ4n) is 2.52. The zero-order valence-corrected chi connectivity index (χ0v) is 16.0. The molecule has 28 heavy (non-hydrogen) atoms. The number of carboxylic acid groups (broad SMARTS) is 1. The Morgan fingerprint density at radius 3 is 2.36 bits per heavy atom. The number of hydrogen-bond acceptors (Lipinski definition) is 6. The van der Waals surface area contributed by atoms with Gasteiger partial charge in [0.25, 0.3) is 5.56 Å². The first kappa shape index (κ1) is 20.9. The van der Waals surface area contributed by atoms with Gasteiger partial charge in [-0.15, -0.1) is 0 Å². The summed E-state index contributed by atoms with van der Waals surface area (Å²) in [5, 5.41) is 9.36. The van der Waals surface area contributed by atoms with E-state index in [0.29, 0.717) is 11.1 Å². The largest absolute Gasteiger partial charge is 0.477 e. The van der Waals surface area contributed by atoms with E-state index in [1.54, 1.807) is 39.0 Å². The first-order valence-corrected chi connectivity index (χ1v) is 8.40. The number of aromatic carboxylic acids is 1. The van der Waals surface area contributed by atoms with E-state index in [-0.39, 0.29) is 5.56 Å². The summed E-state index contributed by atoms with van der Waals surface area (Å²) in [5.41, 5.74) is -0.963. The maximum atomic E-state index is 12.4. The summed E-state index contributed by atoms with van der Waals surface area (Å²) in [5.74, 6) is -2.65. The van der Waals surface area contributed by atoms with Crippen molar-refractivity contribution in [3.63, 3.8) is 0 Å². The summed E-state index contributed by atoms with van der Waals surface area (Å²) in [6.07, 6.45) is 1.36. The van der Waals surface area contributed by atoms with Crippen LogP contribution in [0.5, 0.6) is 0 Å². The van der Waals surface area contributed by atoms with E-state index in [1.807, 2.05) is 0 Å². The van der Waals surface area contributed by atoms with Gasteiger partial charge in [0, 0.05) is 6.20 Å². The molecule has 0 spiro atoms. The minimum Gasteiger partial charge on any atom is -0.477 e. The van der Waals surface area contributed by atoms with Crippen LogP contribution in [0.25, 0.3) is 11.1 Å². The van der Waals surface area contributed by atoms with Crippen molar-refractivity contribution in [2.45, 2.75) is 32.9 Å². The number of nitrogens with zero attached hydrogens (tertiary/aromatic N) is 1. The van der Waals surface area contributed by atoms with E-state index in [9.17, 15) is 24.3 Å². The molecule has 0 bridgehead atoms. The Hall–Kier alpha value is -3.42. The standard InChI is InChI=1S/C20H21NO7/c1-20(2,3)28-16(22)11-21-10-14(9-15(17(21)23)18(24)25)12-6-5-7-13(8-12)19(26)27-4/h5-10H,11H2,1-4H3,(H,24,25). The number of benzene rings is 1. The molecular weight excluding hydrogens is 366 g/mol. The van der Waals surface area contributed by atoms with Crippen LogP contribution in [0.2, 0.25) is 0 Å². The van der Waals surface area contributed by atoms with E-state index in [2.05, 4.69) is 4.74 Å². The molecule has 0 radical (unpaired) electrons. The molecule has 8 heteroatoms. The van der Waals surface area contributed by atoms with E-state index in [4.69, 9.17) is 4.74 Å². The fourth-order valence-corrected chi connectivity index (χ4v) is 2.52. The molecule has 0 saturated carbocycles. The smallest absolute Gasteiger partial charge is 0.341 e. The molecule has 1 heterocycles. The number of aromatic nitrogens is 1. The van der Waals surface area contributed by atoms with Gasteiger partial charge in [-0.05, 0) is 50.1 Å². The number of hydrogen-bond donors (Lipinski definition) is 1. The van der Waals surface area contributed by atoms with Crippen molar-refractivity contribution >= 4 is 17.9 Å². The zero-order chi connectivity index (χ0) is 21.1. The lowest BCUT2D eigenvalue weighted by atomic mass is 10.0. The van der Waals surface area contributed by atoms with Gasteiger partial charge in [0.15, 0.2) is 0 Å². The van der Waals surface area contributed by atoms with E-state index >= 15 is 0 Å². The number of rotatable bonds is 5. The number of carboxylic acids is 1. The van der Waals surface area contributed by atoms with Crippen LogP contribution in [-0.4, -0.2) is 40.3 Å². The van der Waals surface area contributed by atoms with Crippen LogP contribution in [0, 0.1) is 0 Å². The van der Waals surface area contributed by atoms with Crippen molar-refractivity contribution in [1.29, 1.82) is 0 Å². The number of ether oxygens (including phenoxy) is 2. The number of methoxy groups -OCH3 is 1. The third-order valence-corrected chi connectivity index (χ3v) is 3.65. The van der Waals surface area contributed by atoms with Crippen LogP contribution in [0.1, 0.15) is 41.5 Å². The summed E-state index contributed by atoms with van der Waals surface area (Å²) in [6, 6.07) is 7.51. The van der Waals surface area contributed by atoms with Crippen LogP contribution in [-0.2, 0) is 20.8 Å². The highest BCUT2D eigenvalue weighted by Gasteiger charge is 2.20. The Labute approximate surface area is 161 Å². The lowest BCUT2D eigenvalue weighted by molar-refractivity contribution is -0.155. The molecule has 0 fully saturated rings. The van der Waals surface area contributed by atoms with Gasteiger partial charge in [0.1, 0.15) is 17.7 Å². The second-order valence-corrected chi connectivity index (χ2v) is 7.04. The van der Waals surface area contributed by atoms with E-state index < -0.39 is 41.2 Å². The molecule has 0 atom stereocenters. The molecule has 0 saturated heterocycles. The number of pyridine rings is 1. The lowest BCUT2D eigenvalue weighted by Crippen LogP contribution is -2.32. The Morgan fingerprint density at radius 1 is 1.11 bits per heavy atom. The first-order valence-electron chi connectivity index (χ1n) is 8.40. The second kappa shape index (κ2) is 8.08. The fraction of sp³-hybridized carbons (Fsp3) is 0.300. The van der Waals surface area contributed by atoms with Gasteiger partial charge in [-0.3, -0.25) is 9.59 Å². The van der Waals surface area contributed by atoms with Crippen LogP contribution < -0.4 is 5.56 Å². The SMILES string of the molecule is COC(=O)c1cccc(-c2cc(C(=O)O)c(=O)n(CC(=O)OC(C)(C)C)c2)c1. The van der Waals surface area contributed by atoms with Crippen LogP contribution in [0.4, 0.5) is 0 Å². The van der Waals surface area contributed by atoms with Gasteiger partial charge in [-0.2, -0.15) is 0 Å². The summed E-state index contributed by atoms with van der Waals surface area (Å²) < 4.78 is 10.9. The van der Waals surface area contributed by atoms with Gasteiger partial charge in [0.05, 0.1) is 12.7 Å². The quantitative estimate of drug-likeness (QED) is 0.784. The number of carbonyl (C=O) groups is 3. The molecule has 2 aromatic rings. The average Bonchev–Trinajstić information content (AvgIpc) is 2.61. The Kier molecular flexibility index (Phi) is 6.03. The molecule has 1 aromatic heterocycles. The monoisotopic (exact) mass is 387 g/mol. The van der Waals surface area contributed by atoms with Gasteiger partial charge in [0.2, 0.25) is 0 Å². The molecule has 148 valence electrons. The highest BCUT2D eigenvalue weighted by molar-refractivity contribution is 5.92. The molecule has 0 unspecified atom stereocenters. The molecular formula is C20H21NO7. The van der Waals surface area contributed by atoms with Crippen molar-refractivity contribution < 1.29 is 29.0 Å². The van der Waals surface area contributed by atoms with Crippen molar-refractivity contribution in [2.75, 3.05) is 7.11 Å². The van der Waals surface area contributed by atoms with Crippen LogP contribution in [0.15, 0.2) is 41.3 Å². The van der Waals surface area contributed by atoms with Gasteiger partial charge < -0.3 is 19.1 Å². The topological polar surface area (TPSA) is 112 Å².